The summed E-state index contributed by atoms with van der Waals surface area (Å²) in [5.41, 5.74) is 2.86. The van der Waals surface area contributed by atoms with Gasteiger partial charge >= 0.3 is 0 Å². The van der Waals surface area contributed by atoms with E-state index >= 15 is 0 Å². The molecule has 0 saturated heterocycles. The number of nitrogens with zero attached hydrogens (tertiary/aromatic N) is 5. The van der Waals surface area contributed by atoms with E-state index in [9.17, 15) is 14.9 Å². The van der Waals surface area contributed by atoms with Crippen molar-refractivity contribution in [3.05, 3.63) is 71.9 Å². The van der Waals surface area contributed by atoms with Crippen molar-refractivity contribution in [3.8, 4) is 23.3 Å². The van der Waals surface area contributed by atoms with Crippen LogP contribution in [0, 0.1) is 28.5 Å². The number of aromatic nitrogens is 3. The number of anilines is 1. The predicted molar refractivity (Wildman–Crippen MR) is 114 cm³/mol. The Kier molecular flexibility index (Phi) is 5.80. The first-order valence-corrected chi connectivity index (χ1v) is 10.0. The molecule has 3 heterocycles. The molecule has 0 aliphatic heterocycles. The van der Waals surface area contributed by atoms with Gasteiger partial charge in [0.25, 0.3) is 0 Å². The Bertz CT molecular complexity index is 1340. The third-order valence-electron chi connectivity index (χ3n) is 4.49. The van der Waals surface area contributed by atoms with Crippen LogP contribution < -0.4 is 5.32 Å². The number of pyridine rings is 2. The van der Waals surface area contributed by atoms with Crippen LogP contribution >= 0.6 is 11.8 Å². The number of benzene rings is 1. The van der Waals surface area contributed by atoms with E-state index in [0.29, 0.717) is 33.2 Å². The molecule has 0 radical (unpaired) electrons. The summed E-state index contributed by atoms with van der Waals surface area (Å²) in [6, 6.07) is 13.8. The van der Waals surface area contributed by atoms with Crippen LogP contribution in [0.15, 0.2) is 64.8 Å². The van der Waals surface area contributed by atoms with Gasteiger partial charge < -0.3 is 10.4 Å². The van der Waals surface area contributed by atoms with E-state index in [1.54, 1.807) is 29.0 Å². The van der Waals surface area contributed by atoms with Gasteiger partial charge in [-0.3, -0.25) is 0 Å². The van der Waals surface area contributed by atoms with Gasteiger partial charge in [0, 0.05) is 39.9 Å². The van der Waals surface area contributed by atoms with E-state index in [-0.39, 0.29) is 12.2 Å². The molecule has 0 spiro atoms. The van der Waals surface area contributed by atoms with Gasteiger partial charge in [-0.1, -0.05) is 11.8 Å². The number of aliphatic hydroxyl groups is 1. The Morgan fingerprint density at radius 3 is 2.58 bits per heavy atom. The number of nitriles is 2. The second-order valence-electron chi connectivity index (χ2n) is 6.49. The monoisotopic (exact) mass is 430 g/mol. The molecule has 0 aliphatic rings. The standard InChI is InChI=1S/C22H15FN6OS/c23-18-2-3-19(15(7-18)9-24)31-20-8-16(13-29-22(20)17(10-25)12-28-29)14-1-4-21(27-11-14)26-5-6-30/h1-4,7-8,11-13,30H,5-6H2,(H,26,27). The average Bonchev–Trinajstić information content (AvgIpc) is 3.22. The van der Waals surface area contributed by atoms with Crippen molar-refractivity contribution in [3.63, 3.8) is 0 Å². The van der Waals surface area contributed by atoms with Crippen LogP contribution in [0.2, 0.25) is 0 Å². The fourth-order valence-electron chi connectivity index (χ4n) is 3.05. The first-order valence-electron chi connectivity index (χ1n) is 9.23. The largest absolute Gasteiger partial charge is 0.395 e. The third-order valence-corrected chi connectivity index (χ3v) is 5.60. The first-order chi connectivity index (χ1) is 15.1. The molecule has 4 rings (SSSR count). The lowest BCUT2D eigenvalue weighted by molar-refractivity contribution is 0.311. The highest BCUT2D eigenvalue weighted by molar-refractivity contribution is 7.99. The molecular weight excluding hydrogens is 415 g/mol. The maximum atomic E-state index is 13.5. The zero-order valence-electron chi connectivity index (χ0n) is 16.1. The number of hydrogen-bond acceptors (Lipinski definition) is 7. The van der Waals surface area contributed by atoms with Crippen LogP contribution in [-0.4, -0.2) is 32.9 Å². The summed E-state index contributed by atoms with van der Waals surface area (Å²) in [7, 11) is 0. The van der Waals surface area contributed by atoms with Crippen LogP contribution in [0.25, 0.3) is 16.6 Å². The molecule has 31 heavy (non-hydrogen) atoms. The number of halogens is 1. The van der Waals surface area contributed by atoms with Gasteiger partial charge in [-0.15, -0.1) is 0 Å². The summed E-state index contributed by atoms with van der Waals surface area (Å²) in [6.07, 6.45) is 4.98. The number of fused-ring (bicyclic) bond motifs is 1. The molecule has 2 N–H and O–H groups in total. The van der Waals surface area contributed by atoms with Gasteiger partial charge in [-0.2, -0.15) is 15.6 Å². The molecular formula is C22H15FN6OS. The maximum absolute atomic E-state index is 13.5. The second-order valence-corrected chi connectivity index (χ2v) is 7.58. The number of rotatable bonds is 6. The normalized spacial score (nSPS) is 10.6. The Hall–Kier alpha value is -3.92. The highest BCUT2D eigenvalue weighted by atomic mass is 32.2. The SMILES string of the molecule is N#Cc1cc(F)ccc1Sc1cc(-c2ccc(NCCO)nc2)cn2ncc(C#N)c12. The van der Waals surface area contributed by atoms with Crippen molar-refractivity contribution in [2.24, 2.45) is 0 Å². The van der Waals surface area contributed by atoms with Crippen molar-refractivity contribution in [2.75, 3.05) is 18.5 Å². The van der Waals surface area contributed by atoms with Crippen LogP contribution in [-0.2, 0) is 0 Å². The molecule has 9 heteroatoms. The molecule has 4 aromatic rings. The summed E-state index contributed by atoms with van der Waals surface area (Å²) in [4.78, 5) is 5.63. The van der Waals surface area contributed by atoms with Gasteiger partial charge in [0.1, 0.15) is 23.8 Å². The van der Waals surface area contributed by atoms with Crippen LogP contribution in [0.1, 0.15) is 11.1 Å². The summed E-state index contributed by atoms with van der Waals surface area (Å²) in [5.74, 6) is 0.159. The zero-order chi connectivity index (χ0) is 21.8. The van der Waals surface area contributed by atoms with Gasteiger partial charge in [0.15, 0.2) is 0 Å². The predicted octanol–water partition coefficient (Wildman–Crippen LogP) is 3.83. The van der Waals surface area contributed by atoms with Crippen molar-refractivity contribution >= 4 is 23.1 Å². The average molecular weight is 430 g/mol. The second kappa shape index (κ2) is 8.84. The highest BCUT2D eigenvalue weighted by Gasteiger charge is 2.15. The summed E-state index contributed by atoms with van der Waals surface area (Å²) < 4.78 is 15.2. The fraction of sp³-hybridized carbons (Fsp3) is 0.0909. The molecule has 0 unspecified atom stereocenters. The molecule has 0 fully saturated rings. The molecule has 0 atom stereocenters. The Balaban J connectivity index is 1.80. The van der Waals surface area contributed by atoms with Crippen LogP contribution in [0.3, 0.4) is 0 Å². The fourth-order valence-corrected chi connectivity index (χ4v) is 4.13. The molecule has 0 amide bonds. The van der Waals surface area contributed by atoms with Crippen LogP contribution in [0.4, 0.5) is 10.2 Å². The van der Waals surface area contributed by atoms with E-state index in [4.69, 9.17) is 5.11 Å². The number of nitrogens with one attached hydrogen (secondary N) is 1. The quantitative estimate of drug-likeness (QED) is 0.478. The van der Waals surface area contributed by atoms with Crippen molar-refractivity contribution < 1.29 is 9.50 Å². The van der Waals surface area contributed by atoms with Crippen molar-refractivity contribution in [2.45, 2.75) is 9.79 Å². The summed E-state index contributed by atoms with van der Waals surface area (Å²) >= 11 is 1.27. The minimum atomic E-state index is -0.483. The van der Waals surface area contributed by atoms with E-state index in [1.807, 2.05) is 18.2 Å². The zero-order valence-corrected chi connectivity index (χ0v) is 16.9. The van der Waals surface area contributed by atoms with Crippen LogP contribution in [0.5, 0.6) is 0 Å². The van der Waals surface area contributed by atoms with Gasteiger partial charge in [0.05, 0.1) is 29.4 Å². The van der Waals surface area contributed by atoms with E-state index in [0.717, 1.165) is 11.1 Å². The molecule has 0 aliphatic carbocycles. The minimum Gasteiger partial charge on any atom is -0.395 e. The number of aliphatic hydroxyl groups excluding tert-OH is 1. The lowest BCUT2D eigenvalue weighted by atomic mass is 10.1. The Morgan fingerprint density at radius 2 is 1.87 bits per heavy atom. The van der Waals surface area contributed by atoms with Gasteiger partial charge in [0.2, 0.25) is 0 Å². The lowest BCUT2D eigenvalue weighted by Gasteiger charge is -2.10. The van der Waals surface area contributed by atoms with Crippen molar-refractivity contribution in [1.29, 1.82) is 10.5 Å². The summed E-state index contributed by atoms with van der Waals surface area (Å²) in [5, 5.41) is 35.1. The Labute approximate surface area is 181 Å². The minimum absolute atomic E-state index is 0.00920. The Morgan fingerprint density at radius 1 is 1.03 bits per heavy atom. The van der Waals surface area contributed by atoms with E-state index in [1.165, 1.54) is 30.1 Å². The van der Waals surface area contributed by atoms with E-state index in [2.05, 4.69) is 21.5 Å². The van der Waals surface area contributed by atoms with Gasteiger partial charge in [-0.25, -0.2) is 13.9 Å². The molecule has 3 aromatic heterocycles. The molecule has 0 saturated carbocycles. The third kappa shape index (κ3) is 4.19. The molecule has 0 bridgehead atoms. The topological polar surface area (TPSA) is 110 Å². The van der Waals surface area contributed by atoms with E-state index < -0.39 is 5.82 Å². The van der Waals surface area contributed by atoms with Crippen molar-refractivity contribution in [1.82, 2.24) is 14.6 Å². The molecule has 152 valence electrons. The first kappa shape index (κ1) is 20.4. The molecule has 1 aromatic carbocycles. The number of hydrogen-bond donors (Lipinski definition) is 2. The smallest absolute Gasteiger partial charge is 0.125 e. The highest BCUT2D eigenvalue weighted by Crippen LogP contribution is 2.37. The lowest BCUT2D eigenvalue weighted by Crippen LogP contribution is -2.06. The molecule has 7 nitrogen and oxygen atoms in total. The van der Waals surface area contributed by atoms with Gasteiger partial charge in [-0.05, 0) is 36.4 Å². The maximum Gasteiger partial charge on any atom is 0.125 e. The summed E-state index contributed by atoms with van der Waals surface area (Å²) in [6.45, 7) is 0.414.